The number of guanidine groups is 1. The van der Waals surface area contributed by atoms with E-state index in [-0.39, 0.29) is 24.0 Å². The molecule has 2 aliphatic heterocycles. The molecule has 0 saturated carbocycles. The predicted molar refractivity (Wildman–Crippen MR) is 132 cm³/mol. The largest absolute Gasteiger partial charge is 0.381 e. The molecule has 164 valence electrons. The molecule has 1 aromatic rings. The van der Waals surface area contributed by atoms with Crippen molar-refractivity contribution in [3.8, 4) is 0 Å². The maximum Gasteiger partial charge on any atom is 0.193 e. The number of benzene rings is 1. The van der Waals surface area contributed by atoms with Crippen LogP contribution in [0.4, 0.5) is 0 Å². The van der Waals surface area contributed by atoms with E-state index in [2.05, 4.69) is 53.4 Å². The molecule has 0 unspecified atom stereocenters. The number of likely N-dealkylation sites (tertiary alicyclic amines) is 1. The topological polar surface area (TPSA) is 40.1 Å². The van der Waals surface area contributed by atoms with Crippen LogP contribution in [-0.4, -0.2) is 62.2 Å². The van der Waals surface area contributed by atoms with Crippen LogP contribution >= 0.6 is 24.0 Å². The van der Waals surface area contributed by atoms with Crippen LogP contribution in [0.1, 0.15) is 50.2 Å². The average Bonchev–Trinajstić information content (AvgIpc) is 3.24. The standard InChI is InChI=1S/C23H38N4O.HI/c1-3-24-23(26(2)15-10-20-11-16-28-17-12-20)25-18-21-6-8-22(9-7-21)19-27-13-4-5-14-27;/h6-9,20H,3-5,10-19H2,1-2H3,(H,24,25);1H. The van der Waals surface area contributed by atoms with E-state index in [1.54, 1.807) is 0 Å². The number of rotatable bonds is 8. The third-order valence-electron chi connectivity index (χ3n) is 5.95. The molecule has 6 heteroatoms. The minimum Gasteiger partial charge on any atom is -0.381 e. The van der Waals surface area contributed by atoms with Gasteiger partial charge in [-0.05, 0) is 69.2 Å². The molecule has 2 saturated heterocycles. The van der Waals surface area contributed by atoms with E-state index in [1.165, 1.54) is 56.3 Å². The number of aliphatic imine (C=N–C) groups is 1. The zero-order valence-corrected chi connectivity index (χ0v) is 20.6. The zero-order chi connectivity index (χ0) is 19.6. The monoisotopic (exact) mass is 514 g/mol. The van der Waals surface area contributed by atoms with Gasteiger partial charge in [0.2, 0.25) is 0 Å². The first-order valence-corrected chi connectivity index (χ1v) is 11.1. The first-order valence-electron chi connectivity index (χ1n) is 11.1. The van der Waals surface area contributed by atoms with Crippen LogP contribution in [0.15, 0.2) is 29.3 Å². The highest BCUT2D eigenvalue weighted by Crippen LogP contribution is 2.18. The Labute approximate surface area is 194 Å². The first-order chi connectivity index (χ1) is 13.7. The summed E-state index contributed by atoms with van der Waals surface area (Å²) in [6.07, 6.45) is 6.32. The van der Waals surface area contributed by atoms with E-state index in [0.717, 1.165) is 51.3 Å². The van der Waals surface area contributed by atoms with E-state index >= 15 is 0 Å². The summed E-state index contributed by atoms with van der Waals surface area (Å²) in [7, 11) is 2.15. The van der Waals surface area contributed by atoms with Gasteiger partial charge in [0.25, 0.3) is 0 Å². The highest BCUT2D eigenvalue weighted by Gasteiger charge is 2.15. The Morgan fingerprint density at radius 3 is 2.45 bits per heavy atom. The minimum atomic E-state index is 0. The van der Waals surface area contributed by atoms with Gasteiger partial charge >= 0.3 is 0 Å². The van der Waals surface area contributed by atoms with Gasteiger partial charge in [-0.25, -0.2) is 4.99 Å². The lowest BCUT2D eigenvalue weighted by atomic mass is 9.96. The van der Waals surface area contributed by atoms with E-state index in [9.17, 15) is 0 Å². The highest BCUT2D eigenvalue weighted by molar-refractivity contribution is 14.0. The van der Waals surface area contributed by atoms with Crippen molar-refractivity contribution < 1.29 is 4.74 Å². The molecule has 5 nitrogen and oxygen atoms in total. The lowest BCUT2D eigenvalue weighted by Crippen LogP contribution is -2.40. The van der Waals surface area contributed by atoms with Crippen LogP contribution in [0, 0.1) is 5.92 Å². The Bertz CT molecular complexity index is 595. The third kappa shape index (κ3) is 8.42. The highest BCUT2D eigenvalue weighted by atomic mass is 127. The van der Waals surface area contributed by atoms with Crippen molar-refractivity contribution in [2.24, 2.45) is 10.9 Å². The molecule has 0 aliphatic carbocycles. The van der Waals surface area contributed by atoms with E-state index in [0.29, 0.717) is 0 Å². The number of nitrogens with one attached hydrogen (secondary N) is 1. The van der Waals surface area contributed by atoms with Crippen LogP contribution in [-0.2, 0) is 17.8 Å². The summed E-state index contributed by atoms with van der Waals surface area (Å²) in [4.78, 5) is 9.70. The van der Waals surface area contributed by atoms with Crippen LogP contribution in [0.3, 0.4) is 0 Å². The van der Waals surface area contributed by atoms with Crippen molar-refractivity contribution in [1.29, 1.82) is 0 Å². The predicted octanol–water partition coefficient (Wildman–Crippen LogP) is 4.11. The second-order valence-corrected chi connectivity index (χ2v) is 8.24. The molecule has 29 heavy (non-hydrogen) atoms. The molecule has 0 spiro atoms. The minimum absolute atomic E-state index is 0. The van der Waals surface area contributed by atoms with E-state index in [1.807, 2.05) is 0 Å². The molecule has 2 heterocycles. The molecule has 0 radical (unpaired) electrons. The Kier molecular flexibility index (Phi) is 11.3. The molecule has 0 bridgehead atoms. The van der Waals surface area contributed by atoms with Crippen LogP contribution in [0.2, 0.25) is 0 Å². The van der Waals surface area contributed by atoms with E-state index in [4.69, 9.17) is 9.73 Å². The quantitative estimate of drug-likeness (QED) is 0.322. The van der Waals surface area contributed by atoms with Crippen LogP contribution in [0.25, 0.3) is 0 Å². The second-order valence-electron chi connectivity index (χ2n) is 8.24. The maximum atomic E-state index is 5.47. The molecule has 0 atom stereocenters. The van der Waals surface area contributed by atoms with Gasteiger partial charge in [-0.15, -0.1) is 24.0 Å². The maximum absolute atomic E-state index is 5.47. The number of ether oxygens (including phenoxy) is 1. The summed E-state index contributed by atoms with van der Waals surface area (Å²) in [5, 5.41) is 3.44. The van der Waals surface area contributed by atoms with E-state index < -0.39 is 0 Å². The molecule has 3 rings (SSSR count). The third-order valence-corrected chi connectivity index (χ3v) is 5.95. The summed E-state index contributed by atoms with van der Waals surface area (Å²) in [6.45, 7) is 10.2. The van der Waals surface area contributed by atoms with Gasteiger partial charge in [-0.2, -0.15) is 0 Å². The Morgan fingerprint density at radius 1 is 1.14 bits per heavy atom. The first kappa shape index (κ1) is 24.4. The van der Waals surface area contributed by atoms with Crippen molar-refractivity contribution in [1.82, 2.24) is 15.1 Å². The fourth-order valence-electron chi connectivity index (χ4n) is 4.10. The number of nitrogens with zero attached hydrogens (tertiary/aromatic N) is 3. The molecule has 0 amide bonds. The molecule has 2 fully saturated rings. The SMILES string of the molecule is CCNC(=NCc1ccc(CN2CCCC2)cc1)N(C)CCC1CCOCC1.I. The van der Waals surface area contributed by atoms with Crippen molar-refractivity contribution in [2.75, 3.05) is 46.4 Å². The van der Waals surface area contributed by atoms with Crippen molar-refractivity contribution in [3.05, 3.63) is 35.4 Å². The summed E-state index contributed by atoms with van der Waals surface area (Å²) in [5.41, 5.74) is 2.69. The Hall–Kier alpha value is -0.860. The average molecular weight is 514 g/mol. The molecular formula is C23H39IN4O. The normalized spacial score (nSPS) is 18.5. The van der Waals surface area contributed by atoms with Gasteiger partial charge in [0, 0.05) is 39.9 Å². The lowest BCUT2D eigenvalue weighted by molar-refractivity contribution is 0.0625. The fourth-order valence-corrected chi connectivity index (χ4v) is 4.10. The summed E-state index contributed by atoms with van der Waals surface area (Å²) >= 11 is 0. The van der Waals surface area contributed by atoms with Gasteiger partial charge in [-0.3, -0.25) is 4.90 Å². The van der Waals surface area contributed by atoms with Gasteiger partial charge in [0.1, 0.15) is 0 Å². The van der Waals surface area contributed by atoms with Crippen molar-refractivity contribution in [2.45, 2.75) is 52.1 Å². The van der Waals surface area contributed by atoms with Crippen molar-refractivity contribution >= 4 is 29.9 Å². The van der Waals surface area contributed by atoms with Crippen molar-refractivity contribution in [3.63, 3.8) is 0 Å². The summed E-state index contributed by atoms with van der Waals surface area (Å²) < 4.78 is 5.47. The summed E-state index contributed by atoms with van der Waals surface area (Å²) in [5.74, 6) is 1.80. The Morgan fingerprint density at radius 2 is 1.79 bits per heavy atom. The molecule has 2 aliphatic rings. The molecular weight excluding hydrogens is 475 g/mol. The zero-order valence-electron chi connectivity index (χ0n) is 18.2. The summed E-state index contributed by atoms with van der Waals surface area (Å²) in [6, 6.07) is 9.01. The van der Waals surface area contributed by atoms with Gasteiger partial charge in [0.05, 0.1) is 6.54 Å². The lowest BCUT2D eigenvalue weighted by Gasteiger charge is -2.26. The molecule has 1 aromatic carbocycles. The fraction of sp³-hybridized carbons (Fsp3) is 0.696. The molecule has 1 N–H and O–H groups in total. The van der Waals surface area contributed by atoms with Gasteiger partial charge in [-0.1, -0.05) is 24.3 Å². The number of halogens is 1. The second kappa shape index (κ2) is 13.4. The van der Waals surface area contributed by atoms with Crippen LogP contribution < -0.4 is 5.32 Å². The van der Waals surface area contributed by atoms with Gasteiger partial charge < -0.3 is 15.0 Å². The molecule has 0 aromatic heterocycles. The Balaban J connectivity index is 0.00000300. The smallest absolute Gasteiger partial charge is 0.193 e. The van der Waals surface area contributed by atoms with Gasteiger partial charge in [0.15, 0.2) is 5.96 Å². The number of hydrogen-bond donors (Lipinski definition) is 1. The van der Waals surface area contributed by atoms with Crippen LogP contribution in [0.5, 0.6) is 0 Å². The number of hydrogen-bond acceptors (Lipinski definition) is 3.